The number of benzene rings is 1. The number of nitrogens with one attached hydrogen (secondary N) is 1. The number of carbonyl (C=O) groups is 1. The number of nitrogens with two attached hydrogens (primary N) is 1. The van der Waals surface area contributed by atoms with E-state index < -0.39 is 0 Å². The summed E-state index contributed by atoms with van der Waals surface area (Å²) in [6.07, 6.45) is 1.90. The van der Waals surface area contributed by atoms with E-state index in [1.165, 1.54) is 16.2 Å². The van der Waals surface area contributed by atoms with Crippen molar-refractivity contribution in [2.24, 2.45) is 5.73 Å². The topological polar surface area (TPSA) is 80.9 Å². The van der Waals surface area contributed by atoms with Crippen LogP contribution in [-0.2, 0) is 11.2 Å². The molecule has 5 nitrogen and oxygen atoms in total. The number of aromatic nitrogens is 2. The van der Waals surface area contributed by atoms with Gasteiger partial charge in [-0.3, -0.25) is 10.1 Å². The van der Waals surface area contributed by atoms with Crippen molar-refractivity contribution in [1.82, 2.24) is 10.2 Å². The van der Waals surface area contributed by atoms with Crippen molar-refractivity contribution >= 4 is 34.1 Å². The van der Waals surface area contributed by atoms with Gasteiger partial charge in [-0.15, -0.1) is 22.0 Å². The number of hydrogen-bond acceptors (Lipinski definition) is 6. The molecule has 2 rings (SSSR count). The van der Waals surface area contributed by atoms with Crippen LogP contribution in [-0.4, -0.2) is 28.4 Å². The molecule has 1 aromatic carbocycles. The van der Waals surface area contributed by atoms with Crippen molar-refractivity contribution in [2.45, 2.75) is 17.7 Å². The standard InChI is InChI=1S/C13H16N4OS2/c14-9-11(18)15-13-17-16-12(20-13)7-4-8-19-10-5-2-1-3-6-10/h1-3,5-6H,4,7-9,14H2,(H,15,17,18). The van der Waals surface area contributed by atoms with Crippen LogP contribution in [0.15, 0.2) is 35.2 Å². The lowest BCUT2D eigenvalue weighted by Gasteiger charge is -1.99. The Kier molecular flexibility index (Phi) is 5.97. The van der Waals surface area contributed by atoms with E-state index >= 15 is 0 Å². The number of anilines is 1. The highest BCUT2D eigenvalue weighted by atomic mass is 32.2. The number of rotatable bonds is 7. The van der Waals surface area contributed by atoms with E-state index in [0.29, 0.717) is 5.13 Å². The number of aryl methyl sites for hydroxylation is 1. The Morgan fingerprint density at radius 1 is 1.30 bits per heavy atom. The molecule has 0 fully saturated rings. The quantitative estimate of drug-likeness (QED) is 0.605. The third-order valence-electron chi connectivity index (χ3n) is 2.45. The van der Waals surface area contributed by atoms with Gasteiger partial charge < -0.3 is 5.73 Å². The predicted octanol–water partition coefficient (Wildman–Crippen LogP) is 2.16. The minimum atomic E-state index is -0.243. The van der Waals surface area contributed by atoms with Crippen molar-refractivity contribution < 1.29 is 4.79 Å². The Hall–Kier alpha value is -1.44. The van der Waals surface area contributed by atoms with Crippen molar-refractivity contribution in [2.75, 3.05) is 17.6 Å². The molecule has 7 heteroatoms. The number of nitrogens with zero attached hydrogens (tertiary/aromatic N) is 2. The summed E-state index contributed by atoms with van der Waals surface area (Å²) in [5, 5.41) is 12.0. The molecule has 0 radical (unpaired) electrons. The minimum Gasteiger partial charge on any atom is -0.322 e. The summed E-state index contributed by atoms with van der Waals surface area (Å²) in [6.45, 7) is -0.0391. The van der Waals surface area contributed by atoms with Crippen molar-refractivity contribution in [1.29, 1.82) is 0 Å². The van der Waals surface area contributed by atoms with E-state index in [0.717, 1.165) is 23.6 Å². The second-order valence-corrected chi connectivity index (χ2v) is 6.25. The highest BCUT2D eigenvalue weighted by Crippen LogP contribution is 2.20. The van der Waals surface area contributed by atoms with Gasteiger partial charge in [0.25, 0.3) is 0 Å². The predicted molar refractivity (Wildman–Crippen MR) is 83.1 cm³/mol. The molecule has 0 aliphatic carbocycles. The van der Waals surface area contributed by atoms with Crippen LogP contribution >= 0.6 is 23.1 Å². The van der Waals surface area contributed by atoms with Gasteiger partial charge in [-0.2, -0.15) is 0 Å². The molecule has 1 aromatic heterocycles. The largest absolute Gasteiger partial charge is 0.322 e. The highest BCUT2D eigenvalue weighted by molar-refractivity contribution is 7.99. The van der Waals surface area contributed by atoms with E-state index in [1.54, 1.807) is 0 Å². The fourth-order valence-corrected chi connectivity index (χ4v) is 3.18. The van der Waals surface area contributed by atoms with Crippen LogP contribution in [0.4, 0.5) is 5.13 Å². The highest BCUT2D eigenvalue weighted by Gasteiger charge is 2.06. The van der Waals surface area contributed by atoms with Crippen molar-refractivity contribution in [3.63, 3.8) is 0 Å². The maximum atomic E-state index is 11.1. The van der Waals surface area contributed by atoms with Crippen molar-refractivity contribution in [3.8, 4) is 0 Å². The second-order valence-electron chi connectivity index (χ2n) is 4.02. The molecule has 0 saturated carbocycles. The summed E-state index contributed by atoms with van der Waals surface area (Å²) >= 11 is 3.23. The molecule has 0 spiro atoms. The fraction of sp³-hybridized carbons (Fsp3) is 0.308. The Balaban J connectivity index is 1.70. The first-order valence-electron chi connectivity index (χ1n) is 6.28. The molecule has 3 N–H and O–H groups in total. The summed E-state index contributed by atoms with van der Waals surface area (Å²) < 4.78 is 0. The molecule has 0 aliphatic rings. The molecule has 1 heterocycles. The van der Waals surface area contributed by atoms with E-state index in [-0.39, 0.29) is 12.5 Å². The molecule has 0 atom stereocenters. The molecule has 0 bridgehead atoms. The normalized spacial score (nSPS) is 10.4. The van der Waals surface area contributed by atoms with Gasteiger partial charge in [-0.25, -0.2) is 0 Å². The Bertz CT molecular complexity index is 544. The molecule has 0 saturated heterocycles. The van der Waals surface area contributed by atoms with Gasteiger partial charge in [0.15, 0.2) is 0 Å². The lowest BCUT2D eigenvalue weighted by molar-refractivity contribution is -0.114. The van der Waals surface area contributed by atoms with Crippen LogP contribution in [0.5, 0.6) is 0 Å². The van der Waals surface area contributed by atoms with Crippen LogP contribution in [0.1, 0.15) is 11.4 Å². The first kappa shape index (κ1) is 15.0. The SMILES string of the molecule is NCC(=O)Nc1nnc(CCCSc2ccccc2)s1. The van der Waals surface area contributed by atoms with Gasteiger partial charge in [0.05, 0.1) is 6.54 Å². The average molecular weight is 308 g/mol. The zero-order valence-electron chi connectivity index (χ0n) is 10.9. The van der Waals surface area contributed by atoms with Gasteiger partial charge in [-0.1, -0.05) is 29.5 Å². The van der Waals surface area contributed by atoms with Gasteiger partial charge in [0.2, 0.25) is 11.0 Å². The Labute approximate surface area is 126 Å². The molecular formula is C13H16N4OS2. The number of amides is 1. The first-order valence-corrected chi connectivity index (χ1v) is 8.08. The lowest BCUT2D eigenvalue weighted by atomic mass is 10.4. The average Bonchev–Trinajstić information content (AvgIpc) is 2.92. The molecule has 1 amide bonds. The van der Waals surface area contributed by atoms with E-state index in [1.807, 2.05) is 30.0 Å². The van der Waals surface area contributed by atoms with E-state index in [9.17, 15) is 4.79 Å². The molecule has 0 aliphatic heterocycles. The van der Waals surface area contributed by atoms with E-state index in [4.69, 9.17) is 5.73 Å². The van der Waals surface area contributed by atoms with Gasteiger partial charge in [-0.05, 0) is 24.3 Å². The smallest absolute Gasteiger partial charge is 0.239 e. The van der Waals surface area contributed by atoms with Gasteiger partial charge in [0, 0.05) is 11.3 Å². The molecule has 0 unspecified atom stereocenters. The van der Waals surface area contributed by atoms with Crippen molar-refractivity contribution in [3.05, 3.63) is 35.3 Å². The summed E-state index contributed by atoms with van der Waals surface area (Å²) in [5.74, 6) is 0.793. The van der Waals surface area contributed by atoms with Crippen LogP contribution in [0.3, 0.4) is 0 Å². The van der Waals surface area contributed by atoms with Crippen LogP contribution < -0.4 is 11.1 Å². The first-order chi connectivity index (χ1) is 9.78. The van der Waals surface area contributed by atoms with Gasteiger partial charge >= 0.3 is 0 Å². The maximum absolute atomic E-state index is 11.1. The summed E-state index contributed by atoms with van der Waals surface area (Å²) in [5.41, 5.74) is 5.22. The molecule has 20 heavy (non-hydrogen) atoms. The van der Waals surface area contributed by atoms with Crippen LogP contribution in [0.25, 0.3) is 0 Å². The zero-order chi connectivity index (χ0) is 14.2. The molecular weight excluding hydrogens is 292 g/mol. The van der Waals surface area contributed by atoms with Crippen LogP contribution in [0.2, 0.25) is 0 Å². The summed E-state index contributed by atoms with van der Waals surface area (Å²) in [6, 6.07) is 10.3. The third-order valence-corrected chi connectivity index (χ3v) is 4.44. The van der Waals surface area contributed by atoms with Gasteiger partial charge in [0.1, 0.15) is 5.01 Å². The Morgan fingerprint density at radius 2 is 2.10 bits per heavy atom. The summed E-state index contributed by atoms with van der Waals surface area (Å²) in [4.78, 5) is 12.4. The molecule has 2 aromatic rings. The molecule has 106 valence electrons. The lowest BCUT2D eigenvalue weighted by Crippen LogP contribution is -2.21. The zero-order valence-corrected chi connectivity index (χ0v) is 12.5. The monoisotopic (exact) mass is 308 g/mol. The minimum absolute atomic E-state index is 0.0391. The van der Waals surface area contributed by atoms with E-state index in [2.05, 4.69) is 27.6 Å². The number of thioether (sulfide) groups is 1. The number of carbonyl (C=O) groups excluding carboxylic acids is 1. The second kappa shape index (κ2) is 7.98. The maximum Gasteiger partial charge on any atom is 0.239 e. The third kappa shape index (κ3) is 4.92. The Morgan fingerprint density at radius 3 is 2.85 bits per heavy atom. The fourth-order valence-electron chi connectivity index (χ4n) is 1.51. The number of hydrogen-bond donors (Lipinski definition) is 2. The summed E-state index contributed by atoms with van der Waals surface area (Å²) in [7, 11) is 0. The van der Waals surface area contributed by atoms with Crippen LogP contribution in [0, 0.1) is 0 Å².